The number of aliphatic imine (C=N–C) groups is 1. The summed E-state index contributed by atoms with van der Waals surface area (Å²) in [5.74, 6) is 0. The molecule has 0 aromatic carbocycles. The molecule has 0 radical (unpaired) electrons. The van der Waals surface area contributed by atoms with Crippen molar-refractivity contribution in [2.45, 2.75) is 5.62 Å². The van der Waals surface area contributed by atoms with Gasteiger partial charge in [0.2, 0.25) is 5.62 Å². The van der Waals surface area contributed by atoms with Gasteiger partial charge in [-0.1, -0.05) is 0 Å². The van der Waals surface area contributed by atoms with Crippen molar-refractivity contribution in [2.75, 3.05) is 6.73 Å². The molecule has 1 heterocycles. The third-order valence-corrected chi connectivity index (χ3v) is 0.814. The molecule has 4 heteroatoms. The summed E-state index contributed by atoms with van der Waals surface area (Å²) in [4.78, 5) is 3.61. The molecular weight excluding hydrogens is 114 g/mol. The second kappa shape index (κ2) is 2.18. The standard InChI is InChI=1S/C3H5NO2S/c7-3-5-1-4-2-6-3/h1,3,7H,2H2. The molecule has 0 aromatic heterocycles. The predicted molar refractivity (Wildman–Crippen MR) is 28.3 cm³/mol. The van der Waals surface area contributed by atoms with E-state index in [0.717, 1.165) is 0 Å². The highest BCUT2D eigenvalue weighted by Crippen LogP contribution is 2.00. The number of hydrogen-bond acceptors (Lipinski definition) is 4. The van der Waals surface area contributed by atoms with Gasteiger partial charge < -0.3 is 9.47 Å². The van der Waals surface area contributed by atoms with Gasteiger partial charge in [0.1, 0.15) is 6.73 Å². The van der Waals surface area contributed by atoms with E-state index >= 15 is 0 Å². The maximum Gasteiger partial charge on any atom is 0.249 e. The molecule has 40 valence electrons. The molecule has 0 aromatic rings. The zero-order chi connectivity index (χ0) is 5.11. The van der Waals surface area contributed by atoms with Crippen LogP contribution in [-0.2, 0) is 9.47 Å². The zero-order valence-corrected chi connectivity index (χ0v) is 4.47. The highest BCUT2D eigenvalue weighted by Gasteiger charge is 2.02. The molecule has 0 N–H and O–H groups in total. The molecular formula is C3H5NO2S. The van der Waals surface area contributed by atoms with Crippen molar-refractivity contribution in [1.82, 2.24) is 0 Å². The number of ether oxygens (including phenoxy) is 2. The van der Waals surface area contributed by atoms with Crippen LogP contribution in [0.1, 0.15) is 0 Å². The molecule has 0 aliphatic carbocycles. The monoisotopic (exact) mass is 119 g/mol. The van der Waals surface area contributed by atoms with Crippen molar-refractivity contribution in [3.8, 4) is 0 Å². The van der Waals surface area contributed by atoms with Crippen molar-refractivity contribution < 1.29 is 9.47 Å². The molecule has 1 atom stereocenters. The highest BCUT2D eigenvalue weighted by atomic mass is 32.1. The average Bonchev–Trinajstić information content (AvgIpc) is 1.69. The molecule has 7 heavy (non-hydrogen) atoms. The van der Waals surface area contributed by atoms with Gasteiger partial charge >= 0.3 is 0 Å². The van der Waals surface area contributed by atoms with E-state index in [1.165, 1.54) is 6.40 Å². The number of rotatable bonds is 0. The summed E-state index contributed by atoms with van der Waals surface area (Å²) >= 11 is 3.83. The van der Waals surface area contributed by atoms with Crippen LogP contribution in [0, 0.1) is 0 Å². The van der Waals surface area contributed by atoms with E-state index in [4.69, 9.17) is 4.74 Å². The number of hydrogen-bond donors (Lipinski definition) is 1. The van der Waals surface area contributed by atoms with Crippen molar-refractivity contribution in [3.63, 3.8) is 0 Å². The predicted octanol–water partition coefficient (Wildman–Crippen LogP) is 0.232. The third-order valence-electron chi connectivity index (χ3n) is 0.543. The largest absolute Gasteiger partial charge is 0.445 e. The second-order valence-corrected chi connectivity index (χ2v) is 1.45. The Morgan fingerprint density at radius 2 is 2.71 bits per heavy atom. The van der Waals surface area contributed by atoms with Crippen molar-refractivity contribution >= 4 is 19.0 Å². The van der Waals surface area contributed by atoms with Gasteiger partial charge in [0.05, 0.1) is 0 Å². The summed E-state index contributed by atoms with van der Waals surface area (Å²) in [6, 6.07) is 0. The third kappa shape index (κ3) is 1.36. The lowest BCUT2D eigenvalue weighted by atomic mass is 11.1. The summed E-state index contributed by atoms with van der Waals surface area (Å²) in [5.41, 5.74) is -0.419. The average molecular weight is 119 g/mol. The van der Waals surface area contributed by atoms with E-state index < -0.39 is 5.62 Å². The van der Waals surface area contributed by atoms with Gasteiger partial charge in [0.25, 0.3) is 0 Å². The smallest absolute Gasteiger partial charge is 0.249 e. The molecule has 3 nitrogen and oxygen atoms in total. The van der Waals surface area contributed by atoms with Gasteiger partial charge in [-0.15, -0.1) is 12.6 Å². The van der Waals surface area contributed by atoms with Crippen molar-refractivity contribution in [3.05, 3.63) is 0 Å². The normalized spacial score (nSPS) is 29.6. The Morgan fingerprint density at radius 1 is 1.86 bits per heavy atom. The van der Waals surface area contributed by atoms with E-state index in [1.54, 1.807) is 0 Å². The van der Waals surface area contributed by atoms with Crippen LogP contribution < -0.4 is 0 Å². The Bertz CT molecular complexity index is 85.0. The fourth-order valence-corrected chi connectivity index (χ4v) is 0.393. The summed E-state index contributed by atoms with van der Waals surface area (Å²) in [7, 11) is 0. The Labute approximate surface area is 46.7 Å². The molecule has 0 amide bonds. The molecule has 1 aliphatic heterocycles. The minimum atomic E-state index is -0.419. The molecule has 0 saturated carbocycles. The summed E-state index contributed by atoms with van der Waals surface area (Å²) in [6.07, 6.45) is 1.33. The van der Waals surface area contributed by atoms with Crippen LogP contribution in [0.4, 0.5) is 0 Å². The van der Waals surface area contributed by atoms with Crippen LogP contribution in [0.15, 0.2) is 4.99 Å². The lowest BCUT2D eigenvalue weighted by molar-refractivity contribution is -0.0297. The summed E-state index contributed by atoms with van der Waals surface area (Å²) in [6.45, 7) is 0.355. The lowest BCUT2D eigenvalue weighted by Gasteiger charge is -2.12. The topological polar surface area (TPSA) is 30.8 Å². The van der Waals surface area contributed by atoms with Crippen LogP contribution in [-0.4, -0.2) is 18.8 Å². The summed E-state index contributed by atoms with van der Waals surface area (Å²) in [5, 5.41) is 0. The van der Waals surface area contributed by atoms with Gasteiger partial charge in [-0.3, -0.25) is 0 Å². The Morgan fingerprint density at radius 3 is 3.00 bits per heavy atom. The van der Waals surface area contributed by atoms with Crippen LogP contribution in [0.25, 0.3) is 0 Å². The Balaban J connectivity index is 2.32. The molecule has 1 aliphatic rings. The van der Waals surface area contributed by atoms with Crippen molar-refractivity contribution in [2.24, 2.45) is 4.99 Å². The van der Waals surface area contributed by atoms with E-state index in [-0.39, 0.29) is 0 Å². The maximum absolute atomic E-state index is 4.72. The van der Waals surface area contributed by atoms with E-state index in [1.807, 2.05) is 0 Å². The van der Waals surface area contributed by atoms with Crippen LogP contribution in [0.5, 0.6) is 0 Å². The highest BCUT2D eigenvalue weighted by molar-refractivity contribution is 7.80. The fraction of sp³-hybridized carbons (Fsp3) is 0.667. The minimum absolute atomic E-state index is 0.355. The first-order chi connectivity index (χ1) is 3.39. The van der Waals surface area contributed by atoms with Gasteiger partial charge in [-0.2, -0.15) is 0 Å². The molecule has 0 spiro atoms. The lowest BCUT2D eigenvalue weighted by Crippen LogP contribution is -2.13. The molecule has 0 saturated heterocycles. The second-order valence-electron chi connectivity index (χ2n) is 1.03. The van der Waals surface area contributed by atoms with Gasteiger partial charge in [-0.25, -0.2) is 4.99 Å². The number of thiol groups is 1. The van der Waals surface area contributed by atoms with Crippen LogP contribution in [0.2, 0.25) is 0 Å². The van der Waals surface area contributed by atoms with Crippen LogP contribution in [0.3, 0.4) is 0 Å². The maximum atomic E-state index is 4.72. The molecule has 0 bridgehead atoms. The Kier molecular flexibility index (Phi) is 1.54. The van der Waals surface area contributed by atoms with Crippen LogP contribution >= 0.6 is 12.6 Å². The molecule has 1 rings (SSSR count). The number of nitrogens with zero attached hydrogens (tertiary/aromatic N) is 1. The van der Waals surface area contributed by atoms with Gasteiger partial charge in [0.15, 0.2) is 6.40 Å². The first-order valence-corrected chi connectivity index (χ1v) is 2.34. The SMILES string of the molecule is SC1OC=NCO1. The zero-order valence-electron chi connectivity index (χ0n) is 3.57. The first-order valence-electron chi connectivity index (χ1n) is 1.83. The van der Waals surface area contributed by atoms with E-state index in [2.05, 4.69) is 22.4 Å². The molecule has 1 unspecified atom stereocenters. The van der Waals surface area contributed by atoms with Gasteiger partial charge in [0, 0.05) is 0 Å². The van der Waals surface area contributed by atoms with E-state index in [0.29, 0.717) is 6.73 Å². The van der Waals surface area contributed by atoms with E-state index in [9.17, 15) is 0 Å². The quantitative estimate of drug-likeness (QED) is 0.463. The van der Waals surface area contributed by atoms with Gasteiger partial charge in [-0.05, 0) is 0 Å². The minimum Gasteiger partial charge on any atom is -0.445 e. The fourth-order valence-electron chi connectivity index (χ4n) is 0.272. The first kappa shape index (κ1) is 4.93. The van der Waals surface area contributed by atoms with Crippen molar-refractivity contribution in [1.29, 1.82) is 0 Å². The Hall–Kier alpha value is -0.220. The molecule has 0 fully saturated rings. The summed E-state index contributed by atoms with van der Waals surface area (Å²) < 4.78 is 9.35.